The molecule has 0 bridgehead atoms. The van der Waals surface area contributed by atoms with Gasteiger partial charge in [-0.3, -0.25) is 9.69 Å². The summed E-state index contributed by atoms with van der Waals surface area (Å²) in [6.07, 6.45) is 2.36. The first kappa shape index (κ1) is 19.5. The number of carbonyl (C=O) groups excluding carboxylic acids is 1. The van der Waals surface area contributed by atoms with E-state index >= 15 is 0 Å². The van der Waals surface area contributed by atoms with Crippen molar-refractivity contribution in [1.82, 2.24) is 19.4 Å². The molecule has 2 aliphatic heterocycles. The predicted molar refractivity (Wildman–Crippen MR) is 108 cm³/mol. The van der Waals surface area contributed by atoms with Crippen molar-refractivity contribution in [3.8, 4) is 0 Å². The molecule has 2 aliphatic rings. The molecule has 0 radical (unpaired) electrons. The lowest BCUT2D eigenvalue weighted by atomic mass is 9.84. The summed E-state index contributed by atoms with van der Waals surface area (Å²) in [5.74, 6) is 0.155. The van der Waals surface area contributed by atoms with Crippen LogP contribution in [0, 0.1) is 11.2 Å². The molecule has 28 heavy (non-hydrogen) atoms. The first-order chi connectivity index (χ1) is 13.4. The van der Waals surface area contributed by atoms with E-state index in [4.69, 9.17) is 0 Å². The van der Waals surface area contributed by atoms with Gasteiger partial charge in [0.1, 0.15) is 5.82 Å². The van der Waals surface area contributed by atoms with Crippen LogP contribution in [0.1, 0.15) is 49.8 Å². The Balaban J connectivity index is 1.49. The third-order valence-corrected chi connectivity index (χ3v) is 6.59. The molecule has 0 spiro atoms. The van der Waals surface area contributed by atoms with E-state index in [1.807, 2.05) is 22.4 Å². The summed E-state index contributed by atoms with van der Waals surface area (Å²) in [5.41, 5.74) is 2.25. The Hall–Kier alpha value is -1.86. The first-order valence-electron chi connectivity index (χ1n) is 9.94. The molecule has 2 aromatic rings. The number of aromatic nitrogens is 2. The van der Waals surface area contributed by atoms with Crippen LogP contribution in [-0.2, 0) is 4.79 Å². The first-order valence-corrected chi connectivity index (χ1v) is 10.8. The van der Waals surface area contributed by atoms with E-state index in [-0.39, 0.29) is 29.0 Å². The maximum absolute atomic E-state index is 13.4. The molecule has 7 heteroatoms. The van der Waals surface area contributed by atoms with Crippen LogP contribution in [0.3, 0.4) is 0 Å². The third kappa shape index (κ3) is 4.25. The minimum Gasteiger partial charge on any atom is -0.340 e. The van der Waals surface area contributed by atoms with Crippen LogP contribution < -0.4 is 0 Å². The average molecular weight is 403 g/mol. The predicted octanol–water partition coefficient (Wildman–Crippen LogP) is 3.51. The molecule has 2 fully saturated rings. The van der Waals surface area contributed by atoms with Crippen LogP contribution in [0.15, 0.2) is 29.6 Å². The molecule has 2 atom stereocenters. The lowest BCUT2D eigenvalue weighted by Gasteiger charge is -2.38. The lowest BCUT2D eigenvalue weighted by molar-refractivity contribution is -0.132. The summed E-state index contributed by atoms with van der Waals surface area (Å²) in [6.45, 7) is 8.26. The Morgan fingerprint density at radius 2 is 2.00 bits per heavy atom. The number of nitrogens with zero attached hydrogens (tertiary/aromatic N) is 4. The fraction of sp³-hybridized carbons (Fsp3) is 0.571. The SMILES string of the molecule is CC1(C)CCCN(CC(=O)N2C[C@@H](c3ccc(F)cc3)[C@H](c3csnn3)C2)C1. The van der Waals surface area contributed by atoms with E-state index in [2.05, 4.69) is 28.3 Å². The number of carbonyl (C=O) groups is 1. The molecule has 2 saturated heterocycles. The van der Waals surface area contributed by atoms with Crippen LogP contribution >= 0.6 is 11.5 Å². The quantitative estimate of drug-likeness (QED) is 0.785. The fourth-order valence-corrected chi connectivity index (χ4v) is 5.18. The van der Waals surface area contributed by atoms with Crippen LogP contribution in [0.25, 0.3) is 0 Å². The van der Waals surface area contributed by atoms with Gasteiger partial charge in [-0.2, -0.15) is 0 Å². The van der Waals surface area contributed by atoms with Crippen molar-refractivity contribution >= 4 is 17.4 Å². The highest BCUT2D eigenvalue weighted by molar-refractivity contribution is 7.03. The topological polar surface area (TPSA) is 49.3 Å². The largest absolute Gasteiger partial charge is 0.340 e. The van der Waals surface area contributed by atoms with Gasteiger partial charge in [0.2, 0.25) is 5.91 Å². The smallest absolute Gasteiger partial charge is 0.236 e. The summed E-state index contributed by atoms with van der Waals surface area (Å²) in [5, 5.41) is 6.23. The van der Waals surface area contributed by atoms with Crippen molar-refractivity contribution in [1.29, 1.82) is 0 Å². The van der Waals surface area contributed by atoms with Gasteiger partial charge in [-0.05, 0) is 54.0 Å². The highest BCUT2D eigenvalue weighted by atomic mass is 32.1. The van der Waals surface area contributed by atoms with Gasteiger partial charge in [-0.1, -0.05) is 30.5 Å². The summed E-state index contributed by atoms with van der Waals surface area (Å²) >= 11 is 1.33. The Labute approximate surface area is 169 Å². The molecule has 0 unspecified atom stereocenters. The Bertz CT molecular complexity index is 808. The molecular weight excluding hydrogens is 375 g/mol. The number of likely N-dealkylation sites (tertiary alicyclic amines) is 2. The Kier molecular flexibility index (Phi) is 5.47. The van der Waals surface area contributed by atoms with Gasteiger partial charge in [0.25, 0.3) is 0 Å². The van der Waals surface area contributed by atoms with Crippen molar-refractivity contribution in [3.05, 3.63) is 46.7 Å². The van der Waals surface area contributed by atoms with Crippen molar-refractivity contribution in [2.24, 2.45) is 5.41 Å². The molecular formula is C21H27FN4OS. The number of hydrogen-bond donors (Lipinski definition) is 0. The molecule has 150 valence electrons. The number of amides is 1. The number of hydrogen-bond acceptors (Lipinski definition) is 5. The molecule has 1 aromatic heterocycles. The van der Waals surface area contributed by atoms with Gasteiger partial charge < -0.3 is 4.90 Å². The van der Waals surface area contributed by atoms with Crippen molar-refractivity contribution in [2.75, 3.05) is 32.7 Å². The summed E-state index contributed by atoms with van der Waals surface area (Å²) in [4.78, 5) is 17.3. The zero-order chi connectivity index (χ0) is 19.7. The zero-order valence-electron chi connectivity index (χ0n) is 16.5. The molecule has 3 heterocycles. The van der Waals surface area contributed by atoms with Gasteiger partial charge in [0, 0.05) is 36.9 Å². The van der Waals surface area contributed by atoms with Gasteiger partial charge in [-0.15, -0.1) is 5.10 Å². The van der Waals surface area contributed by atoms with Gasteiger partial charge in [0.05, 0.1) is 12.2 Å². The summed E-state index contributed by atoms with van der Waals surface area (Å²) in [7, 11) is 0. The Morgan fingerprint density at radius 3 is 2.68 bits per heavy atom. The fourth-order valence-electron chi connectivity index (χ4n) is 4.66. The highest BCUT2D eigenvalue weighted by Gasteiger charge is 2.39. The van der Waals surface area contributed by atoms with E-state index in [9.17, 15) is 9.18 Å². The van der Waals surface area contributed by atoms with E-state index in [0.717, 1.165) is 30.8 Å². The normalized spacial score (nSPS) is 25.2. The second-order valence-corrected chi connectivity index (χ2v) is 9.48. The lowest BCUT2D eigenvalue weighted by Crippen LogP contribution is -2.46. The number of piperidine rings is 1. The van der Waals surface area contributed by atoms with Crippen molar-refractivity contribution in [2.45, 2.75) is 38.5 Å². The maximum atomic E-state index is 13.4. The number of benzene rings is 1. The van der Waals surface area contributed by atoms with E-state index in [0.29, 0.717) is 19.6 Å². The zero-order valence-corrected chi connectivity index (χ0v) is 17.3. The van der Waals surface area contributed by atoms with Crippen LogP contribution in [0.5, 0.6) is 0 Å². The van der Waals surface area contributed by atoms with Crippen molar-refractivity contribution in [3.63, 3.8) is 0 Å². The van der Waals surface area contributed by atoms with Crippen LogP contribution in [0.2, 0.25) is 0 Å². The van der Waals surface area contributed by atoms with Crippen LogP contribution in [0.4, 0.5) is 4.39 Å². The molecule has 0 aliphatic carbocycles. The maximum Gasteiger partial charge on any atom is 0.236 e. The van der Waals surface area contributed by atoms with Crippen LogP contribution in [-0.4, -0.2) is 58.0 Å². The number of rotatable bonds is 4. The monoisotopic (exact) mass is 402 g/mol. The summed E-state index contributed by atoms with van der Waals surface area (Å²) in [6, 6.07) is 6.64. The van der Waals surface area contributed by atoms with E-state index in [1.165, 1.54) is 30.1 Å². The van der Waals surface area contributed by atoms with Gasteiger partial charge in [-0.25, -0.2) is 4.39 Å². The standard InChI is InChI=1S/C21H27FN4OS/c1-21(2)8-3-9-25(14-21)12-20(27)26-10-17(15-4-6-16(22)7-5-15)18(11-26)19-13-28-24-23-19/h4-7,13,17-18H,3,8-12,14H2,1-2H3/t17-,18+/m0/s1. The molecule has 1 aromatic carbocycles. The van der Waals surface area contributed by atoms with E-state index in [1.54, 1.807) is 0 Å². The number of halogens is 1. The molecule has 4 rings (SSSR count). The minimum atomic E-state index is -0.241. The summed E-state index contributed by atoms with van der Waals surface area (Å²) < 4.78 is 17.4. The highest BCUT2D eigenvalue weighted by Crippen LogP contribution is 2.39. The second-order valence-electron chi connectivity index (χ2n) is 8.87. The molecule has 1 amide bonds. The molecule has 5 nitrogen and oxygen atoms in total. The van der Waals surface area contributed by atoms with Gasteiger partial charge >= 0.3 is 0 Å². The molecule has 0 N–H and O–H groups in total. The van der Waals surface area contributed by atoms with Crippen molar-refractivity contribution < 1.29 is 9.18 Å². The molecule has 0 saturated carbocycles. The van der Waals surface area contributed by atoms with Gasteiger partial charge in [0.15, 0.2) is 0 Å². The third-order valence-electron chi connectivity index (χ3n) is 6.07. The Morgan fingerprint density at radius 1 is 1.25 bits per heavy atom. The minimum absolute atomic E-state index is 0.103. The van der Waals surface area contributed by atoms with E-state index < -0.39 is 0 Å². The average Bonchev–Trinajstić information content (AvgIpc) is 3.31. The second kappa shape index (κ2) is 7.87.